The van der Waals surface area contributed by atoms with Crippen LogP contribution < -0.4 is 10.1 Å². The number of halogens is 2. The first-order valence-corrected chi connectivity index (χ1v) is 11.2. The van der Waals surface area contributed by atoms with Gasteiger partial charge in [0.1, 0.15) is 16.5 Å². The van der Waals surface area contributed by atoms with Gasteiger partial charge in [0.25, 0.3) is 0 Å². The van der Waals surface area contributed by atoms with Gasteiger partial charge in [0.15, 0.2) is 0 Å². The Morgan fingerprint density at radius 2 is 1.87 bits per heavy atom. The Bertz CT molecular complexity index is 979. The van der Waals surface area contributed by atoms with Crippen molar-refractivity contribution >= 4 is 33.2 Å². The maximum absolute atomic E-state index is 14.2. The average molecular weight is 457 g/mol. The molecule has 1 fully saturated rings. The van der Waals surface area contributed by atoms with Crippen molar-refractivity contribution in [3.8, 4) is 5.75 Å². The zero-order valence-corrected chi connectivity index (χ0v) is 17.7. The Morgan fingerprint density at radius 1 is 1.17 bits per heavy atom. The lowest BCUT2D eigenvalue weighted by Gasteiger charge is -2.26. The third-order valence-corrected chi connectivity index (χ3v) is 6.60. The fourth-order valence-electron chi connectivity index (χ4n) is 2.88. The summed E-state index contributed by atoms with van der Waals surface area (Å²) < 4.78 is 51.5. The van der Waals surface area contributed by atoms with Gasteiger partial charge in [-0.1, -0.05) is 11.6 Å². The number of carbonyl (C=O) groups excluding carboxylic acids is 1. The van der Waals surface area contributed by atoms with Crippen molar-refractivity contribution in [1.82, 2.24) is 4.31 Å². The van der Waals surface area contributed by atoms with Crippen LogP contribution in [0, 0.1) is 5.82 Å². The first-order chi connectivity index (χ1) is 14.4. The molecule has 0 saturated carbocycles. The molecule has 1 N–H and O–H groups in total. The first kappa shape index (κ1) is 22.5. The lowest BCUT2D eigenvalue weighted by molar-refractivity contribution is -0.116. The second kappa shape index (κ2) is 10.2. The third kappa shape index (κ3) is 5.91. The molecule has 2 aromatic carbocycles. The Balaban J connectivity index is 1.55. The Kier molecular flexibility index (Phi) is 7.65. The predicted octanol–water partition coefficient (Wildman–Crippen LogP) is 3.30. The molecule has 0 aromatic heterocycles. The number of amides is 1. The van der Waals surface area contributed by atoms with E-state index in [2.05, 4.69) is 5.32 Å². The van der Waals surface area contributed by atoms with Crippen LogP contribution in [0.15, 0.2) is 47.4 Å². The van der Waals surface area contributed by atoms with E-state index in [4.69, 9.17) is 21.1 Å². The van der Waals surface area contributed by atoms with Crippen molar-refractivity contribution < 1.29 is 27.1 Å². The SMILES string of the molecule is O=C(CCCOc1ccc(Cl)cc1)Nc1ccc(F)c(S(=O)(=O)N2CCOCC2)c1. The molecule has 162 valence electrons. The minimum Gasteiger partial charge on any atom is -0.494 e. The first-order valence-electron chi connectivity index (χ1n) is 9.42. The van der Waals surface area contributed by atoms with Gasteiger partial charge in [-0.2, -0.15) is 4.31 Å². The molecule has 7 nitrogen and oxygen atoms in total. The number of nitrogens with zero attached hydrogens (tertiary/aromatic N) is 1. The van der Waals surface area contributed by atoms with E-state index < -0.39 is 20.7 Å². The maximum Gasteiger partial charge on any atom is 0.246 e. The fourth-order valence-corrected chi connectivity index (χ4v) is 4.51. The van der Waals surface area contributed by atoms with Crippen LogP contribution >= 0.6 is 11.6 Å². The summed E-state index contributed by atoms with van der Waals surface area (Å²) in [6.45, 7) is 1.16. The van der Waals surface area contributed by atoms with E-state index >= 15 is 0 Å². The van der Waals surface area contributed by atoms with Crippen LogP contribution in [-0.4, -0.2) is 51.5 Å². The summed E-state index contributed by atoms with van der Waals surface area (Å²) in [6.07, 6.45) is 0.616. The Labute approximate surface area is 179 Å². The topological polar surface area (TPSA) is 84.9 Å². The van der Waals surface area contributed by atoms with Crippen LogP contribution in [0.5, 0.6) is 5.75 Å². The molecular weight excluding hydrogens is 435 g/mol. The van der Waals surface area contributed by atoms with Gasteiger partial charge in [-0.25, -0.2) is 12.8 Å². The van der Waals surface area contributed by atoms with Crippen LogP contribution in [-0.2, 0) is 19.6 Å². The van der Waals surface area contributed by atoms with E-state index in [0.29, 0.717) is 23.8 Å². The maximum atomic E-state index is 14.2. The highest BCUT2D eigenvalue weighted by atomic mass is 35.5. The van der Waals surface area contributed by atoms with Crippen molar-refractivity contribution in [3.05, 3.63) is 53.3 Å². The van der Waals surface area contributed by atoms with Gasteiger partial charge in [-0.15, -0.1) is 0 Å². The number of ether oxygens (including phenoxy) is 2. The fraction of sp³-hybridized carbons (Fsp3) is 0.350. The molecule has 2 aromatic rings. The second-order valence-electron chi connectivity index (χ2n) is 6.62. The molecular formula is C20H22ClFN2O5S. The number of hydrogen-bond acceptors (Lipinski definition) is 5. The average Bonchev–Trinajstić information content (AvgIpc) is 2.74. The largest absolute Gasteiger partial charge is 0.494 e. The summed E-state index contributed by atoms with van der Waals surface area (Å²) in [5.41, 5.74) is 0.215. The van der Waals surface area contributed by atoms with Crippen molar-refractivity contribution in [2.24, 2.45) is 0 Å². The quantitative estimate of drug-likeness (QED) is 0.616. The van der Waals surface area contributed by atoms with Crippen LogP contribution in [0.3, 0.4) is 0 Å². The van der Waals surface area contributed by atoms with E-state index in [0.717, 1.165) is 12.1 Å². The smallest absolute Gasteiger partial charge is 0.246 e. The minimum absolute atomic E-state index is 0.159. The molecule has 0 aliphatic carbocycles. The molecule has 1 amide bonds. The van der Waals surface area contributed by atoms with Gasteiger partial charge < -0.3 is 14.8 Å². The van der Waals surface area contributed by atoms with Crippen LogP contribution in [0.25, 0.3) is 0 Å². The number of morpholine rings is 1. The lowest BCUT2D eigenvalue weighted by atomic mass is 10.2. The summed E-state index contributed by atoms with van der Waals surface area (Å²) in [4.78, 5) is 11.7. The standard InChI is InChI=1S/C20H22ClFN2O5S/c21-15-3-6-17(7-4-15)29-11-1-2-20(25)23-16-5-8-18(22)19(14-16)30(26,27)24-9-12-28-13-10-24/h3-8,14H,1-2,9-13H2,(H,23,25). The van der Waals surface area contributed by atoms with E-state index in [9.17, 15) is 17.6 Å². The minimum atomic E-state index is -4.01. The van der Waals surface area contributed by atoms with E-state index in [1.54, 1.807) is 24.3 Å². The number of hydrogen-bond donors (Lipinski definition) is 1. The third-order valence-electron chi connectivity index (χ3n) is 4.43. The molecule has 0 spiro atoms. The van der Waals surface area contributed by atoms with E-state index in [1.165, 1.54) is 10.4 Å². The number of sulfonamides is 1. The molecule has 1 saturated heterocycles. The van der Waals surface area contributed by atoms with Gasteiger partial charge in [-0.3, -0.25) is 4.79 Å². The van der Waals surface area contributed by atoms with Crippen molar-refractivity contribution in [3.63, 3.8) is 0 Å². The van der Waals surface area contributed by atoms with E-state index in [-0.39, 0.29) is 44.3 Å². The number of benzene rings is 2. The van der Waals surface area contributed by atoms with Gasteiger partial charge in [0.05, 0.1) is 19.8 Å². The summed E-state index contributed by atoms with van der Waals surface area (Å²) in [6, 6.07) is 10.4. The highest BCUT2D eigenvalue weighted by Crippen LogP contribution is 2.24. The molecule has 1 aliphatic heterocycles. The molecule has 0 radical (unpaired) electrons. The summed E-state index contributed by atoms with van der Waals surface area (Å²) >= 11 is 5.81. The second-order valence-corrected chi connectivity index (χ2v) is 8.96. The molecule has 1 heterocycles. The highest BCUT2D eigenvalue weighted by molar-refractivity contribution is 7.89. The molecule has 1 aliphatic rings. The molecule has 10 heteroatoms. The monoisotopic (exact) mass is 456 g/mol. The molecule has 0 atom stereocenters. The van der Waals surface area contributed by atoms with Gasteiger partial charge in [0.2, 0.25) is 15.9 Å². The number of anilines is 1. The molecule has 3 rings (SSSR count). The van der Waals surface area contributed by atoms with Gasteiger partial charge >= 0.3 is 0 Å². The van der Waals surface area contributed by atoms with E-state index in [1.807, 2.05) is 0 Å². The van der Waals surface area contributed by atoms with Gasteiger partial charge in [0, 0.05) is 30.2 Å². The normalized spacial score (nSPS) is 15.0. The summed E-state index contributed by atoms with van der Waals surface area (Å²) in [5.74, 6) is -0.539. The molecule has 0 bridgehead atoms. The van der Waals surface area contributed by atoms with Crippen molar-refractivity contribution in [1.29, 1.82) is 0 Å². The zero-order valence-electron chi connectivity index (χ0n) is 16.1. The van der Waals surface area contributed by atoms with Crippen LogP contribution in [0.1, 0.15) is 12.8 Å². The number of rotatable bonds is 8. The predicted molar refractivity (Wildman–Crippen MR) is 111 cm³/mol. The molecule has 0 unspecified atom stereocenters. The highest BCUT2D eigenvalue weighted by Gasteiger charge is 2.29. The Hall–Kier alpha value is -2.20. The Morgan fingerprint density at radius 3 is 2.57 bits per heavy atom. The van der Waals surface area contributed by atoms with Gasteiger partial charge in [-0.05, 0) is 48.9 Å². The lowest BCUT2D eigenvalue weighted by Crippen LogP contribution is -2.40. The summed E-state index contributed by atoms with van der Waals surface area (Å²) in [7, 11) is -4.01. The van der Waals surface area contributed by atoms with Crippen molar-refractivity contribution in [2.45, 2.75) is 17.7 Å². The zero-order chi connectivity index (χ0) is 21.6. The van der Waals surface area contributed by atoms with Crippen LogP contribution in [0.4, 0.5) is 10.1 Å². The van der Waals surface area contributed by atoms with Crippen LogP contribution in [0.2, 0.25) is 5.02 Å². The summed E-state index contributed by atoms with van der Waals surface area (Å²) in [5, 5.41) is 3.21. The van der Waals surface area contributed by atoms with Crippen molar-refractivity contribution in [2.75, 3.05) is 38.2 Å². The number of nitrogens with one attached hydrogen (secondary N) is 1. The molecule has 30 heavy (non-hydrogen) atoms. The number of carbonyl (C=O) groups is 1.